The number of hydrogen-bond donors (Lipinski definition) is 2. The highest BCUT2D eigenvalue weighted by Gasteiger charge is 2.17. The molecule has 1 aromatic carbocycles. The van der Waals surface area contributed by atoms with Crippen molar-refractivity contribution in [2.75, 3.05) is 7.05 Å². The standard InChI is InChI=1S/C13H19FN2O/c1-4-12(16-9(2)13(17)15-3)10-6-5-7-11(14)8-10/h5-9,12,16H,4H2,1-3H3,(H,15,17). The highest BCUT2D eigenvalue weighted by Crippen LogP contribution is 2.18. The van der Waals surface area contributed by atoms with Gasteiger partial charge in [-0.1, -0.05) is 19.1 Å². The predicted molar refractivity (Wildman–Crippen MR) is 66.1 cm³/mol. The molecule has 0 fully saturated rings. The van der Waals surface area contributed by atoms with Crippen LogP contribution in [0.1, 0.15) is 31.9 Å². The van der Waals surface area contributed by atoms with Crippen molar-refractivity contribution in [3.63, 3.8) is 0 Å². The molecule has 0 aliphatic rings. The van der Waals surface area contributed by atoms with E-state index in [2.05, 4.69) is 10.6 Å². The Labute approximate surface area is 101 Å². The summed E-state index contributed by atoms with van der Waals surface area (Å²) in [5.74, 6) is -0.324. The molecule has 3 nitrogen and oxygen atoms in total. The van der Waals surface area contributed by atoms with Gasteiger partial charge in [-0.2, -0.15) is 0 Å². The molecule has 0 saturated carbocycles. The van der Waals surface area contributed by atoms with Gasteiger partial charge in [-0.15, -0.1) is 0 Å². The summed E-state index contributed by atoms with van der Waals surface area (Å²) in [5.41, 5.74) is 0.864. The molecule has 2 N–H and O–H groups in total. The van der Waals surface area contributed by atoms with Crippen molar-refractivity contribution in [1.82, 2.24) is 10.6 Å². The van der Waals surface area contributed by atoms with Gasteiger partial charge in [0.15, 0.2) is 0 Å². The predicted octanol–water partition coefficient (Wildman–Crippen LogP) is 2.00. The molecule has 0 saturated heterocycles. The van der Waals surface area contributed by atoms with Crippen molar-refractivity contribution >= 4 is 5.91 Å². The maximum absolute atomic E-state index is 13.1. The van der Waals surface area contributed by atoms with Crippen LogP contribution in [-0.2, 0) is 4.79 Å². The van der Waals surface area contributed by atoms with Crippen molar-refractivity contribution in [2.45, 2.75) is 32.4 Å². The van der Waals surface area contributed by atoms with Gasteiger partial charge in [-0.05, 0) is 31.0 Å². The van der Waals surface area contributed by atoms with E-state index >= 15 is 0 Å². The summed E-state index contributed by atoms with van der Waals surface area (Å²) in [7, 11) is 1.60. The molecule has 94 valence electrons. The molecular formula is C13H19FN2O. The van der Waals surface area contributed by atoms with Gasteiger partial charge in [0.2, 0.25) is 5.91 Å². The molecule has 1 aromatic rings. The Morgan fingerprint density at radius 2 is 2.18 bits per heavy atom. The first-order valence-electron chi connectivity index (χ1n) is 5.81. The van der Waals surface area contributed by atoms with E-state index in [1.807, 2.05) is 13.0 Å². The van der Waals surface area contributed by atoms with Crippen molar-refractivity contribution in [3.8, 4) is 0 Å². The number of carbonyl (C=O) groups is 1. The third-order valence-electron chi connectivity index (χ3n) is 2.75. The van der Waals surface area contributed by atoms with Gasteiger partial charge < -0.3 is 5.32 Å². The Morgan fingerprint density at radius 3 is 2.71 bits per heavy atom. The lowest BCUT2D eigenvalue weighted by atomic mass is 10.0. The summed E-state index contributed by atoms with van der Waals surface area (Å²) in [6, 6.07) is 6.14. The molecule has 0 radical (unpaired) electrons. The molecule has 0 aliphatic heterocycles. The van der Waals surface area contributed by atoms with Crippen LogP contribution in [0.25, 0.3) is 0 Å². The van der Waals surface area contributed by atoms with Crippen LogP contribution in [-0.4, -0.2) is 19.0 Å². The fourth-order valence-electron chi connectivity index (χ4n) is 1.77. The minimum Gasteiger partial charge on any atom is -0.358 e. The van der Waals surface area contributed by atoms with E-state index < -0.39 is 0 Å². The zero-order valence-corrected chi connectivity index (χ0v) is 10.5. The first-order chi connectivity index (χ1) is 8.08. The molecule has 2 atom stereocenters. The van der Waals surface area contributed by atoms with Crippen LogP contribution < -0.4 is 10.6 Å². The fraction of sp³-hybridized carbons (Fsp3) is 0.462. The second-order valence-electron chi connectivity index (χ2n) is 4.02. The van der Waals surface area contributed by atoms with Crippen molar-refractivity contribution in [1.29, 1.82) is 0 Å². The zero-order valence-electron chi connectivity index (χ0n) is 10.5. The summed E-state index contributed by atoms with van der Waals surface area (Å²) < 4.78 is 13.1. The molecule has 0 heterocycles. The van der Waals surface area contributed by atoms with Crippen LogP contribution >= 0.6 is 0 Å². The first kappa shape index (κ1) is 13.6. The number of benzene rings is 1. The summed E-state index contributed by atoms with van der Waals surface area (Å²) in [6.45, 7) is 3.79. The number of carbonyl (C=O) groups excluding carboxylic acids is 1. The SMILES string of the molecule is CCC(NC(C)C(=O)NC)c1cccc(F)c1. The molecule has 17 heavy (non-hydrogen) atoms. The second-order valence-corrected chi connectivity index (χ2v) is 4.02. The van der Waals surface area contributed by atoms with E-state index in [0.29, 0.717) is 0 Å². The Morgan fingerprint density at radius 1 is 1.47 bits per heavy atom. The van der Waals surface area contributed by atoms with E-state index in [-0.39, 0.29) is 23.8 Å². The molecule has 2 unspecified atom stereocenters. The third-order valence-corrected chi connectivity index (χ3v) is 2.75. The van der Waals surface area contributed by atoms with E-state index in [9.17, 15) is 9.18 Å². The Bertz CT molecular complexity index is 381. The van der Waals surface area contributed by atoms with Gasteiger partial charge in [0.1, 0.15) is 5.82 Å². The Hall–Kier alpha value is -1.42. The summed E-state index contributed by atoms with van der Waals surface area (Å²) >= 11 is 0. The van der Waals surface area contributed by atoms with Gasteiger partial charge in [-0.3, -0.25) is 10.1 Å². The Balaban J connectivity index is 2.75. The van der Waals surface area contributed by atoms with Crippen molar-refractivity contribution in [2.24, 2.45) is 0 Å². The second kappa shape index (κ2) is 6.35. The number of likely N-dealkylation sites (N-methyl/N-ethyl adjacent to an activating group) is 1. The van der Waals surface area contributed by atoms with Gasteiger partial charge in [-0.25, -0.2) is 4.39 Å². The first-order valence-corrected chi connectivity index (χ1v) is 5.81. The molecule has 4 heteroatoms. The molecule has 0 spiro atoms. The molecule has 0 bridgehead atoms. The normalized spacial score (nSPS) is 14.1. The molecule has 0 aliphatic carbocycles. The number of hydrogen-bond acceptors (Lipinski definition) is 2. The average Bonchev–Trinajstić information content (AvgIpc) is 2.34. The summed E-state index contributed by atoms with van der Waals surface area (Å²) in [4.78, 5) is 11.4. The van der Waals surface area contributed by atoms with Crippen LogP contribution in [0.5, 0.6) is 0 Å². The van der Waals surface area contributed by atoms with Crippen LogP contribution in [0, 0.1) is 5.82 Å². The maximum atomic E-state index is 13.1. The fourth-order valence-corrected chi connectivity index (χ4v) is 1.77. The van der Waals surface area contributed by atoms with Gasteiger partial charge >= 0.3 is 0 Å². The largest absolute Gasteiger partial charge is 0.358 e. The lowest BCUT2D eigenvalue weighted by molar-refractivity contribution is -0.122. The third kappa shape index (κ3) is 3.82. The number of amides is 1. The van der Waals surface area contributed by atoms with E-state index in [4.69, 9.17) is 0 Å². The van der Waals surface area contributed by atoms with Gasteiger partial charge in [0.05, 0.1) is 6.04 Å². The average molecular weight is 238 g/mol. The minimum atomic E-state index is -0.298. The van der Waals surface area contributed by atoms with Crippen molar-refractivity contribution in [3.05, 3.63) is 35.6 Å². The van der Waals surface area contributed by atoms with Crippen molar-refractivity contribution < 1.29 is 9.18 Å². The molecule has 1 amide bonds. The van der Waals surface area contributed by atoms with Gasteiger partial charge in [0.25, 0.3) is 0 Å². The molecular weight excluding hydrogens is 219 g/mol. The maximum Gasteiger partial charge on any atom is 0.236 e. The minimum absolute atomic E-state index is 0.0157. The van der Waals surface area contributed by atoms with Crippen LogP contribution in [0.4, 0.5) is 4.39 Å². The van der Waals surface area contributed by atoms with E-state index in [1.165, 1.54) is 12.1 Å². The topological polar surface area (TPSA) is 41.1 Å². The number of nitrogens with one attached hydrogen (secondary N) is 2. The van der Waals surface area contributed by atoms with Gasteiger partial charge in [0, 0.05) is 13.1 Å². The zero-order chi connectivity index (χ0) is 12.8. The van der Waals surface area contributed by atoms with Crippen LogP contribution in [0.2, 0.25) is 0 Å². The quantitative estimate of drug-likeness (QED) is 0.823. The smallest absolute Gasteiger partial charge is 0.236 e. The van der Waals surface area contributed by atoms with E-state index in [1.54, 1.807) is 20.0 Å². The Kier molecular flexibility index (Phi) is 5.10. The summed E-state index contributed by atoms with van der Waals surface area (Å²) in [5, 5.41) is 5.76. The molecule has 0 aromatic heterocycles. The highest BCUT2D eigenvalue weighted by molar-refractivity contribution is 5.80. The highest BCUT2D eigenvalue weighted by atomic mass is 19.1. The lowest BCUT2D eigenvalue weighted by Crippen LogP contribution is -2.42. The molecule has 1 rings (SSSR count). The van der Waals surface area contributed by atoms with E-state index in [0.717, 1.165) is 12.0 Å². The number of rotatable bonds is 5. The monoisotopic (exact) mass is 238 g/mol. The summed E-state index contributed by atoms with van der Waals surface area (Å²) in [6.07, 6.45) is 0.796. The van der Waals surface area contributed by atoms with Crippen LogP contribution in [0.3, 0.4) is 0 Å². The van der Waals surface area contributed by atoms with Crippen LogP contribution in [0.15, 0.2) is 24.3 Å². The lowest BCUT2D eigenvalue weighted by Gasteiger charge is -2.21. The number of halogens is 1.